The van der Waals surface area contributed by atoms with Gasteiger partial charge >= 0.3 is 0 Å². The highest BCUT2D eigenvalue weighted by Crippen LogP contribution is 2.24. The van der Waals surface area contributed by atoms with Gasteiger partial charge in [0.05, 0.1) is 0 Å². The summed E-state index contributed by atoms with van der Waals surface area (Å²) in [4.78, 5) is 4.51. The maximum Gasteiger partial charge on any atom is 0.132 e. The van der Waals surface area contributed by atoms with Crippen LogP contribution in [0.2, 0.25) is 0 Å². The van der Waals surface area contributed by atoms with Crippen LogP contribution in [-0.2, 0) is 6.42 Å². The van der Waals surface area contributed by atoms with Crippen molar-refractivity contribution in [2.45, 2.75) is 26.3 Å². The zero-order chi connectivity index (χ0) is 14.0. The summed E-state index contributed by atoms with van der Waals surface area (Å²) < 4.78 is 14.1. The summed E-state index contributed by atoms with van der Waals surface area (Å²) >= 11 is 0. The third-order valence-electron chi connectivity index (χ3n) is 4.09. The van der Waals surface area contributed by atoms with Gasteiger partial charge in [0.25, 0.3) is 0 Å². The van der Waals surface area contributed by atoms with Crippen molar-refractivity contribution in [2.24, 2.45) is 0 Å². The van der Waals surface area contributed by atoms with E-state index in [1.54, 1.807) is 6.07 Å². The normalized spacial score (nSPS) is 20.6. The predicted octanol–water partition coefficient (Wildman–Crippen LogP) is 2.99. The Kier molecular flexibility index (Phi) is 4.25. The fourth-order valence-electron chi connectivity index (χ4n) is 2.48. The van der Waals surface area contributed by atoms with Crippen LogP contribution in [-0.4, -0.2) is 42.5 Å². The van der Waals surface area contributed by atoms with Gasteiger partial charge < -0.3 is 9.80 Å². The van der Waals surface area contributed by atoms with Crippen LogP contribution in [0.5, 0.6) is 0 Å². The first-order valence-electron chi connectivity index (χ1n) is 6.95. The second kappa shape index (κ2) is 5.74. The van der Waals surface area contributed by atoms with Crippen molar-refractivity contribution in [1.29, 1.82) is 0 Å². The molecule has 3 heteroatoms. The van der Waals surface area contributed by atoms with E-state index in [2.05, 4.69) is 30.4 Å². The van der Waals surface area contributed by atoms with Crippen molar-refractivity contribution in [2.75, 3.05) is 26.7 Å². The van der Waals surface area contributed by atoms with Crippen LogP contribution >= 0.6 is 0 Å². The van der Waals surface area contributed by atoms with Gasteiger partial charge in [0.15, 0.2) is 0 Å². The minimum absolute atomic E-state index is 0.157. The van der Waals surface area contributed by atoms with E-state index in [0.717, 1.165) is 37.3 Å². The maximum atomic E-state index is 14.1. The molecule has 1 aromatic rings. The third kappa shape index (κ3) is 2.98. The molecule has 0 spiro atoms. The topological polar surface area (TPSA) is 6.48 Å². The van der Waals surface area contributed by atoms with Gasteiger partial charge in [0.1, 0.15) is 5.82 Å². The quantitative estimate of drug-likeness (QED) is 0.826. The molecule has 0 radical (unpaired) electrons. The molecule has 0 bridgehead atoms. The van der Waals surface area contributed by atoms with Crippen LogP contribution in [0.25, 0.3) is 5.70 Å². The zero-order valence-corrected chi connectivity index (χ0v) is 12.1. The van der Waals surface area contributed by atoms with Crippen molar-refractivity contribution in [3.8, 4) is 0 Å². The second-order valence-corrected chi connectivity index (χ2v) is 5.39. The van der Waals surface area contributed by atoms with Gasteiger partial charge in [-0.15, -0.1) is 0 Å². The maximum absolute atomic E-state index is 14.1. The Balaban J connectivity index is 2.16. The van der Waals surface area contributed by atoms with Crippen LogP contribution in [0.15, 0.2) is 24.8 Å². The minimum Gasteiger partial charge on any atom is -0.369 e. The van der Waals surface area contributed by atoms with Crippen LogP contribution in [0.3, 0.4) is 0 Å². The molecule has 1 fully saturated rings. The third-order valence-corrected chi connectivity index (χ3v) is 4.09. The van der Waals surface area contributed by atoms with Crippen LogP contribution in [0, 0.1) is 5.82 Å². The minimum atomic E-state index is -0.157. The molecule has 1 aromatic carbocycles. The summed E-state index contributed by atoms with van der Waals surface area (Å²) in [6.07, 6.45) is 0.856. The van der Waals surface area contributed by atoms with Gasteiger partial charge in [-0.25, -0.2) is 4.39 Å². The number of hydrogen-bond acceptors (Lipinski definition) is 2. The van der Waals surface area contributed by atoms with E-state index >= 15 is 0 Å². The molecule has 1 unspecified atom stereocenters. The van der Waals surface area contributed by atoms with Crippen LogP contribution in [0.1, 0.15) is 25.0 Å². The summed E-state index contributed by atoms with van der Waals surface area (Å²) in [5.74, 6) is -0.157. The van der Waals surface area contributed by atoms with Crippen molar-refractivity contribution < 1.29 is 4.39 Å². The molecule has 0 aliphatic carbocycles. The number of halogens is 1. The van der Waals surface area contributed by atoms with Gasteiger partial charge in [-0.05, 0) is 38.1 Å². The molecule has 1 atom stereocenters. The second-order valence-electron chi connectivity index (χ2n) is 5.39. The fraction of sp³-hybridized carbons (Fsp3) is 0.500. The van der Waals surface area contributed by atoms with Gasteiger partial charge in [-0.1, -0.05) is 19.6 Å². The summed E-state index contributed by atoms with van der Waals surface area (Å²) in [5, 5.41) is 0. The Morgan fingerprint density at radius 2 is 2.16 bits per heavy atom. The highest BCUT2D eigenvalue weighted by molar-refractivity contribution is 5.63. The lowest BCUT2D eigenvalue weighted by molar-refractivity contribution is 0.146. The average molecular weight is 262 g/mol. The molecule has 1 heterocycles. The molecule has 104 valence electrons. The fourth-order valence-corrected chi connectivity index (χ4v) is 2.48. The van der Waals surface area contributed by atoms with Gasteiger partial charge in [-0.3, -0.25) is 0 Å². The number of nitrogens with zero attached hydrogens (tertiary/aromatic N) is 2. The molecule has 0 saturated carbocycles. The lowest BCUT2D eigenvalue weighted by Crippen LogP contribution is -2.49. The van der Waals surface area contributed by atoms with Crippen molar-refractivity contribution in [3.05, 3.63) is 41.7 Å². The monoisotopic (exact) mass is 262 g/mol. The van der Waals surface area contributed by atoms with E-state index in [9.17, 15) is 4.39 Å². The molecular formula is C16H23FN2. The molecule has 0 aromatic heterocycles. The van der Waals surface area contributed by atoms with E-state index in [1.165, 1.54) is 0 Å². The molecule has 0 N–H and O–H groups in total. The molecule has 1 aliphatic rings. The zero-order valence-electron chi connectivity index (χ0n) is 12.1. The smallest absolute Gasteiger partial charge is 0.132 e. The van der Waals surface area contributed by atoms with Gasteiger partial charge in [-0.2, -0.15) is 0 Å². The van der Waals surface area contributed by atoms with Crippen molar-refractivity contribution >= 4 is 5.70 Å². The number of benzene rings is 1. The Morgan fingerprint density at radius 3 is 2.74 bits per heavy atom. The van der Waals surface area contributed by atoms with Gasteiger partial charge in [0, 0.05) is 36.9 Å². The van der Waals surface area contributed by atoms with E-state index in [0.29, 0.717) is 11.6 Å². The number of piperazine rings is 1. The Hall–Kier alpha value is -1.35. The molecule has 2 nitrogen and oxygen atoms in total. The molecule has 2 rings (SSSR count). The highest BCUT2D eigenvalue weighted by Gasteiger charge is 2.23. The summed E-state index contributed by atoms with van der Waals surface area (Å²) in [6, 6.07) is 5.95. The molecule has 19 heavy (non-hydrogen) atoms. The first kappa shape index (κ1) is 14.1. The number of aryl methyl sites for hydroxylation is 1. The predicted molar refractivity (Wildman–Crippen MR) is 78.5 cm³/mol. The highest BCUT2D eigenvalue weighted by atomic mass is 19.1. The molecule has 0 amide bonds. The number of rotatable bonds is 3. The van der Waals surface area contributed by atoms with E-state index < -0.39 is 0 Å². The average Bonchev–Trinajstić information content (AvgIpc) is 2.41. The van der Waals surface area contributed by atoms with Crippen molar-refractivity contribution in [1.82, 2.24) is 9.80 Å². The summed E-state index contributed by atoms with van der Waals surface area (Å²) in [6.45, 7) is 11.1. The molecule has 1 saturated heterocycles. The van der Waals surface area contributed by atoms with Crippen LogP contribution < -0.4 is 0 Å². The Bertz CT molecular complexity index is 470. The van der Waals surface area contributed by atoms with Crippen LogP contribution in [0.4, 0.5) is 4.39 Å². The lowest BCUT2D eigenvalue weighted by atomic mass is 10.1. The SMILES string of the molecule is C=C(c1ccc(CC)cc1F)N1CCN(C)C(C)C1. The Labute approximate surface area is 115 Å². The van der Waals surface area contributed by atoms with E-state index in [4.69, 9.17) is 0 Å². The standard InChI is InChI=1S/C16H23FN2/c1-5-14-6-7-15(16(17)10-14)13(3)19-9-8-18(4)12(2)11-19/h6-7,10,12H,3,5,8-9,11H2,1-2,4H3. The van der Waals surface area contributed by atoms with E-state index in [1.807, 2.05) is 19.1 Å². The van der Waals surface area contributed by atoms with Gasteiger partial charge in [0.2, 0.25) is 0 Å². The first-order valence-corrected chi connectivity index (χ1v) is 6.95. The molecule has 1 aliphatic heterocycles. The number of likely N-dealkylation sites (N-methyl/N-ethyl adjacent to an activating group) is 1. The van der Waals surface area contributed by atoms with Crippen molar-refractivity contribution in [3.63, 3.8) is 0 Å². The Morgan fingerprint density at radius 1 is 1.42 bits per heavy atom. The summed E-state index contributed by atoms with van der Waals surface area (Å²) in [7, 11) is 2.13. The largest absolute Gasteiger partial charge is 0.369 e. The number of hydrogen-bond donors (Lipinski definition) is 0. The summed E-state index contributed by atoms with van der Waals surface area (Å²) in [5.41, 5.74) is 2.47. The van der Waals surface area contributed by atoms with E-state index in [-0.39, 0.29) is 5.82 Å². The first-order chi connectivity index (χ1) is 9.02. The lowest BCUT2D eigenvalue weighted by Gasteiger charge is -2.40. The molecular weight excluding hydrogens is 239 g/mol.